The summed E-state index contributed by atoms with van der Waals surface area (Å²) in [5.74, 6) is 0.959. The molecule has 5 rings (SSSR count). The van der Waals surface area contributed by atoms with Crippen LogP contribution >= 0.6 is 11.3 Å². The fourth-order valence-electron chi connectivity index (χ4n) is 4.25. The van der Waals surface area contributed by atoms with Gasteiger partial charge in [0.05, 0.1) is 22.4 Å². The van der Waals surface area contributed by atoms with E-state index in [4.69, 9.17) is 9.72 Å². The molecule has 0 bridgehead atoms. The largest absolute Gasteiger partial charge is 0.443 e. The summed E-state index contributed by atoms with van der Waals surface area (Å²) in [6.45, 7) is 1.88. The summed E-state index contributed by atoms with van der Waals surface area (Å²) >= 11 is 1.50. The fraction of sp³-hybridized carbons (Fsp3) is 0.280. The number of benzene rings is 1. The van der Waals surface area contributed by atoms with Crippen LogP contribution in [0.15, 0.2) is 65.6 Å². The summed E-state index contributed by atoms with van der Waals surface area (Å²) in [6, 6.07) is 16.5. The summed E-state index contributed by atoms with van der Waals surface area (Å²) in [5, 5.41) is 2.99. The van der Waals surface area contributed by atoms with Crippen molar-refractivity contribution < 1.29 is 9.53 Å². The Morgan fingerprint density at radius 1 is 1.12 bits per heavy atom. The predicted octanol–water partition coefficient (Wildman–Crippen LogP) is 4.99. The number of hydrogen-bond donors (Lipinski definition) is 0. The lowest BCUT2D eigenvalue weighted by molar-refractivity contribution is 0.0854. The van der Waals surface area contributed by atoms with E-state index in [9.17, 15) is 4.79 Å². The zero-order valence-corrected chi connectivity index (χ0v) is 19.2. The van der Waals surface area contributed by atoms with Crippen molar-refractivity contribution in [3.05, 3.63) is 71.3 Å². The van der Waals surface area contributed by atoms with Gasteiger partial charge in [0.2, 0.25) is 0 Å². The first kappa shape index (κ1) is 21.3. The third-order valence-electron chi connectivity index (χ3n) is 6.11. The number of amides is 1. The summed E-state index contributed by atoms with van der Waals surface area (Å²) < 4.78 is 5.41. The molecule has 4 aromatic rings. The maximum atomic E-state index is 12.4. The zero-order valence-electron chi connectivity index (χ0n) is 18.4. The van der Waals surface area contributed by atoms with Crippen molar-refractivity contribution in [2.45, 2.75) is 25.5 Å². The van der Waals surface area contributed by atoms with Crippen LogP contribution in [0.4, 0.5) is 10.6 Å². The number of rotatable bonds is 5. The molecule has 8 heteroatoms. The first-order valence-corrected chi connectivity index (χ1v) is 12.0. The molecule has 3 aromatic heterocycles. The normalized spacial score (nSPS) is 14.4. The molecule has 33 heavy (non-hydrogen) atoms. The highest BCUT2D eigenvalue weighted by molar-refractivity contribution is 7.07. The molecular weight excluding hydrogens is 434 g/mol. The molecule has 0 atom stereocenters. The first-order chi connectivity index (χ1) is 16.2. The summed E-state index contributed by atoms with van der Waals surface area (Å²) in [7, 11) is 1.82. The third kappa shape index (κ3) is 4.66. The number of hydrogen-bond acceptors (Lipinski definition) is 7. The fourth-order valence-corrected chi connectivity index (χ4v) is 4.79. The number of aromatic nitrogens is 3. The van der Waals surface area contributed by atoms with Crippen molar-refractivity contribution in [2.24, 2.45) is 0 Å². The van der Waals surface area contributed by atoms with Crippen LogP contribution in [0.5, 0.6) is 0 Å². The van der Waals surface area contributed by atoms with Gasteiger partial charge in [-0.2, -0.15) is 0 Å². The van der Waals surface area contributed by atoms with Gasteiger partial charge in [0.25, 0.3) is 0 Å². The topological polar surface area (TPSA) is 71.5 Å². The Labute approximate surface area is 196 Å². The van der Waals surface area contributed by atoms with Crippen LogP contribution in [0.2, 0.25) is 0 Å². The number of pyridine rings is 2. The summed E-state index contributed by atoms with van der Waals surface area (Å²) in [6.07, 6.45) is 3.27. The van der Waals surface area contributed by atoms with Crippen LogP contribution in [-0.4, -0.2) is 52.1 Å². The van der Waals surface area contributed by atoms with Crippen LogP contribution in [-0.2, 0) is 11.3 Å². The number of fused-ring (bicyclic) bond motifs is 1. The van der Waals surface area contributed by atoms with Gasteiger partial charge in [-0.15, -0.1) is 11.3 Å². The van der Waals surface area contributed by atoms with E-state index >= 15 is 0 Å². The molecule has 1 aliphatic rings. The second kappa shape index (κ2) is 9.54. The van der Waals surface area contributed by atoms with Gasteiger partial charge in [-0.25, -0.2) is 14.8 Å². The Morgan fingerprint density at radius 3 is 2.79 bits per heavy atom. The SMILES string of the molecule is CN(C(=O)OCc1cscn1)C1CCN(c2cccc(-c3ccnc4ccccc34)n2)CC1. The average molecular weight is 460 g/mol. The van der Waals surface area contributed by atoms with Gasteiger partial charge >= 0.3 is 6.09 Å². The Balaban J connectivity index is 1.24. The van der Waals surface area contributed by atoms with E-state index in [-0.39, 0.29) is 18.7 Å². The average Bonchev–Trinajstić information content (AvgIpc) is 3.40. The van der Waals surface area contributed by atoms with Crippen LogP contribution < -0.4 is 4.90 Å². The van der Waals surface area contributed by atoms with Crippen molar-refractivity contribution in [2.75, 3.05) is 25.0 Å². The number of piperidine rings is 1. The minimum absolute atomic E-state index is 0.150. The molecule has 0 N–H and O–H groups in total. The van der Waals surface area contributed by atoms with Crippen molar-refractivity contribution >= 4 is 34.2 Å². The molecule has 0 saturated carbocycles. The smallest absolute Gasteiger partial charge is 0.410 e. The van der Waals surface area contributed by atoms with Crippen LogP contribution in [0.3, 0.4) is 0 Å². The number of nitrogens with zero attached hydrogens (tertiary/aromatic N) is 5. The Hall–Kier alpha value is -3.52. The van der Waals surface area contributed by atoms with Gasteiger partial charge in [0.15, 0.2) is 0 Å². The predicted molar refractivity (Wildman–Crippen MR) is 130 cm³/mol. The third-order valence-corrected chi connectivity index (χ3v) is 6.75. The van der Waals surface area contributed by atoms with E-state index in [0.29, 0.717) is 0 Å². The standard InChI is InChI=1S/C25H25N5O2S/c1-29(25(31)32-15-18-16-33-17-27-18)19-10-13-30(14-11-19)24-8-4-7-23(28-24)21-9-12-26-22-6-3-2-5-20(21)22/h2-9,12,16-17,19H,10-11,13-15H2,1H3. The maximum absolute atomic E-state index is 12.4. The molecule has 0 radical (unpaired) electrons. The van der Waals surface area contributed by atoms with Crippen LogP contribution in [0.1, 0.15) is 18.5 Å². The highest BCUT2D eigenvalue weighted by Gasteiger charge is 2.27. The number of ether oxygens (including phenoxy) is 1. The minimum atomic E-state index is -0.300. The van der Waals surface area contributed by atoms with Gasteiger partial charge in [-0.1, -0.05) is 24.3 Å². The first-order valence-electron chi connectivity index (χ1n) is 11.0. The summed E-state index contributed by atoms with van der Waals surface area (Å²) in [5.41, 5.74) is 5.51. The zero-order chi connectivity index (χ0) is 22.6. The molecular formula is C25H25N5O2S. The van der Waals surface area contributed by atoms with E-state index in [2.05, 4.69) is 33.1 Å². The number of carbonyl (C=O) groups is 1. The number of carbonyl (C=O) groups excluding carboxylic acids is 1. The number of para-hydroxylation sites is 1. The van der Waals surface area contributed by atoms with E-state index in [1.165, 1.54) is 11.3 Å². The lowest BCUT2D eigenvalue weighted by Gasteiger charge is -2.36. The van der Waals surface area contributed by atoms with Gasteiger partial charge in [-0.3, -0.25) is 4.98 Å². The molecule has 7 nitrogen and oxygen atoms in total. The Bertz CT molecular complexity index is 1230. The summed E-state index contributed by atoms with van der Waals surface area (Å²) in [4.78, 5) is 30.0. The molecule has 1 amide bonds. The molecule has 0 aliphatic carbocycles. The lowest BCUT2D eigenvalue weighted by Crippen LogP contribution is -2.46. The molecule has 4 heterocycles. The molecule has 0 unspecified atom stereocenters. The molecule has 1 saturated heterocycles. The Kier molecular flexibility index (Phi) is 6.17. The van der Waals surface area contributed by atoms with Crippen molar-refractivity contribution in [1.82, 2.24) is 19.9 Å². The van der Waals surface area contributed by atoms with E-state index < -0.39 is 0 Å². The van der Waals surface area contributed by atoms with E-state index in [0.717, 1.165) is 59.6 Å². The quantitative estimate of drug-likeness (QED) is 0.419. The van der Waals surface area contributed by atoms with Gasteiger partial charge in [0, 0.05) is 48.7 Å². The highest BCUT2D eigenvalue weighted by Crippen LogP contribution is 2.28. The second-order valence-electron chi connectivity index (χ2n) is 8.12. The van der Waals surface area contributed by atoms with Crippen LogP contribution in [0.25, 0.3) is 22.2 Å². The van der Waals surface area contributed by atoms with E-state index in [1.807, 2.05) is 49.0 Å². The second-order valence-corrected chi connectivity index (χ2v) is 8.84. The Morgan fingerprint density at radius 2 is 1.97 bits per heavy atom. The van der Waals surface area contributed by atoms with Gasteiger partial charge in [0.1, 0.15) is 12.4 Å². The van der Waals surface area contributed by atoms with E-state index in [1.54, 1.807) is 10.4 Å². The maximum Gasteiger partial charge on any atom is 0.410 e. The molecule has 1 aromatic carbocycles. The molecule has 168 valence electrons. The van der Waals surface area contributed by atoms with Crippen molar-refractivity contribution in [3.63, 3.8) is 0 Å². The highest BCUT2D eigenvalue weighted by atomic mass is 32.1. The molecule has 0 spiro atoms. The monoisotopic (exact) mass is 459 g/mol. The van der Waals surface area contributed by atoms with Crippen LogP contribution in [0, 0.1) is 0 Å². The number of thiazole rings is 1. The van der Waals surface area contributed by atoms with Crippen molar-refractivity contribution in [3.8, 4) is 11.3 Å². The van der Waals surface area contributed by atoms with Gasteiger partial charge in [-0.05, 0) is 37.1 Å². The minimum Gasteiger partial charge on any atom is -0.443 e. The van der Waals surface area contributed by atoms with Crippen molar-refractivity contribution in [1.29, 1.82) is 0 Å². The molecule has 1 aliphatic heterocycles. The lowest BCUT2D eigenvalue weighted by atomic mass is 10.0. The number of anilines is 1. The van der Waals surface area contributed by atoms with Gasteiger partial charge < -0.3 is 14.5 Å². The molecule has 1 fully saturated rings.